The van der Waals surface area contributed by atoms with Crippen molar-refractivity contribution < 1.29 is 14.6 Å². The lowest BCUT2D eigenvalue weighted by Gasteiger charge is -2.34. The van der Waals surface area contributed by atoms with Crippen LogP contribution < -0.4 is 4.74 Å². The number of rotatable bonds is 7. The van der Waals surface area contributed by atoms with Crippen LogP contribution in [0.25, 0.3) is 6.08 Å². The Labute approximate surface area is 174 Å². The fourth-order valence-corrected chi connectivity index (χ4v) is 4.10. The summed E-state index contributed by atoms with van der Waals surface area (Å²) in [6, 6.07) is 7.53. The molecule has 1 aromatic heterocycles. The maximum absolute atomic E-state index is 12.4. The average Bonchev–Trinajstić information content (AvgIpc) is 3.16. The highest BCUT2D eigenvalue weighted by atomic mass is 35.5. The lowest BCUT2D eigenvalue weighted by molar-refractivity contribution is -0.127. The van der Waals surface area contributed by atoms with Crippen molar-refractivity contribution in [1.29, 1.82) is 0 Å². The van der Waals surface area contributed by atoms with Gasteiger partial charge in [0.15, 0.2) is 0 Å². The molecule has 2 heterocycles. The molecule has 3 rings (SSSR count). The quantitative estimate of drug-likeness (QED) is 0.697. The molecule has 1 fully saturated rings. The normalized spacial score (nSPS) is 15.3. The topological polar surface area (TPSA) is 53.0 Å². The van der Waals surface area contributed by atoms with Gasteiger partial charge in [-0.1, -0.05) is 11.6 Å². The predicted molar refractivity (Wildman–Crippen MR) is 114 cm³/mol. The van der Waals surface area contributed by atoms with Crippen molar-refractivity contribution >= 4 is 34.9 Å². The Hall–Kier alpha value is -1.86. The SMILES string of the molecule is Cc1cc(Cl)ccc1OCCN1CCN(C(=O)C=Cc2cc(CO)cs2)CC1. The summed E-state index contributed by atoms with van der Waals surface area (Å²) in [6.45, 7) is 6.58. The summed E-state index contributed by atoms with van der Waals surface area (Å²) in [6.07, 6.45) is 3.44. The predicted octanol–water partition coefficient (Wildman–Crippen LogP) is 3.44. The number of amides is 1. The number of nitrogens with zero attached hydrogens (tertiary/aromatic N) is 2. The molecule has 1 aromatic carbocycles. The first-order valence-corrected chi connectivity index (χ1v) is 10.6. The van der Waals surface area contributed by atoms with E-state index < -0.39 is 0 Å². The molecule has 1 saturated heterocycles. The monoisotopic (exact) mass is 420 g/mol. The summed E-state index contributed by atoms with van der Waals surface area (Å²) in [5.74, 6) is 0.896. The molecule has 5 nitrogen and oxygen atoms in total. The molecule has 1 N–H and O–H groups in total. The molecule has 0 bridgehead atoms. The molecule has 1 aliphatic rings. The highest BCUT2D eigenvalue weighted by molar-refractivity contribution is 7.11. The average molecular weight is 421 g/mol. The zero-order chi connectivity index (χ0) is 19.9. The van der Waals surface area contributed by atoms with E-state index in [1.807, 2.05) is 47.5 Å². The summed E-state index contributed by atoms with van der Waals surface area (Å²) in [5.41, 5.74) is 1.91. The standard InChI is InChI=1S/C21H25ClN2O3S/c1-16-12-18(22)2-4-20(16)27-11-10-23-6-8-24(9-7-23)21(26)5-3-19-13-17(14-25)15-28-19/h2-5,12-13,15,25H,6-11,14H2,1H3. The van der Waals surface area contributed by atoms with E-state index in [1.54, 1.807) is 6.08 Å². The van der Waals surface area contributed by atoms with E-state index in [0.717, 1.165) is 54.5 Å². The third kappa shape index (κ3) is 5.82. The van der Waals surface area contributed by atoms with Gasteiger partial charge >= 0.3 is 0 Å². The molecular weight excluding hydrogens is 396 g/mol. The molecule has 0 aliphatic carbocycles. The van der Waals surface area contributed by atoms with Gasteiger partial charge in [-0.05, 0) is 53.8 Å². The molecule has 150 valence electrons. The first-order chi connectivity index (χ1) is 13.5. The Morgan fingerprint density at radius 2 is 2.07 bits per heavy atom. The van der Waals surface area contributed by atoms with Gasteiger partial charge in [0.25, 0.3) is 0 Å². The first-order valence-electron chi connectivity index (χ1n) is 9.32. The number of hydrogen-bond donors (Lipinski definition) is 1. The number of aliphatic hydroxyl groups is 1. The third-order valence-electron chi connectivity index (χ3n) is 4.73. The smallest absolute Gasteiger partial charge is 0.246 e. The van der Waals surface area contributed by atoms with E-state index in [-0.39, 0.29) is 12.5 Å². The van der Waals surface area contributed by atoms with Crippen LogP contribution in [0.3, 0.4) is 0 Å². The van der Waals surface area contributed by atoms with Gasteiger partial charge in [0.2, 0.25) is 5.91 Å². The largest absolute Gasteiger partial charge is 0.492 e. The zero-order valence-corrected chi connectivity index (χ0v) is 17.5. The minimum absolute atomic E-state index is 0.0293. The molecule has 7 heteroatoms. The van der Waals surface area contributed by atoms with E-state index >= 15 is 0 Å². The van der Waals surface area contributed by atoms with Gasteiger partial charge in [-0.15, -0.1) is 11.3 Å². The second-order valence-corrected chi connectivity index (χ2v) is 8.15. The van der Waals surface area contributed by atoms with Gasteiger partial charge in [-0.25, -0.2) is 0 Å². The van der Waals surface area contributed by atoms with Crippen LogP contribution in [0.15, 0.2) is 35.7 Å². The summed E-state index contributed by atoms with van der Waals surface area (Å²) < 4.78 is 5.86. The minimum Gasteiger partial charge on any atom is -0.492 e. The van der Waals surface area contributed by atoms with Crippen LogP contribution in [0.1, 0.15) is 16.0 Å². The van der Waals surface area contributed by atoms with Crippen LogP contribution in [-0.4, -0.2) is 60.1 Å². The van der Waals surface area contributed by atoms with Crippen LogP contribution in [0, 0.1) is 6.92 Å². The summed E-state index contributed by atoms with van der Waals surface area (Å²) >= 11 is 7.49. The van der Waals surface area contributed by atoms with Gasteiger partial charge < -0.3 is 14.7 Å². The molecular formula is C21H25ClN2O3S. The molecule has 28 heavy (non-hydrogen) atoms. The van der Waals surface area contributed by atoms with Crippen LogP contribution >= 0.6 is 22.9 Å². The number of halogens is 1. The van der Waals surface area contributed by atoms with Gasteiger partial charge in [0.05, 0.1) is 6.61 Å². The number of piperazine rings is 1. The number of benzene rings is 1. The highest BCUT2D eigenvalue weighted by Crippen LogP contribution is 2.21. The van der Waals surface area contributed by atoms with Crippen molar-refractivity contribution in [2.75, 3.05) is 39.3 Å². The molecule has 0 saturated carbocycles. The van der Waals surface area contributed by atoms with Crippen LogP contribution in [0.2, 0.25) is 5.02 Å². The number of carbonyl (C=O) groups is 1. The fourth-order valence-electron chi connectivity index (χ4n) is 3.07. The molecule has 1 amide bonds. The summed E-state index contributed by atoms with van der Waals surface area (Å²) in [7, 11) is 0. The Bertz CT molecular complexity index is 829. The van der Waals surface area contributed by atoms with E-state index in [4.69, 9.17) is 21.4 Å². The molecule has 0 atom stereocenters. The fraction of sp³-hybridized carbons (Fsp3) is 0.381. The van der Waals surface area contributed by atoms with E-state index in [1.165, 1.54) is 11.3 Å². The zero-order valence-electron chi connectivity index (χ0n) is 15.9. The molecule has 1 aliphatic heterocycles. The van der Waals surface area contributed by atoms with Gasteiger partial charge in [0.1, 0.15) is 12.4 Å². The van der Waals surface area contributed by atoms with Crippen molar-refractivity contribution in [3.63, 3.8) is 0 Å². The lowest BCUT2D eigenvalue weighted by atomic mass is 10.2. The second-order valence-electron chi connectivity index (χ2n) is 6.77. The molecule has 0 spiro atoms. The van der Waals surface area contributed by atoms with Crippen molar-refractivity contribution in [3.05, 3.63) is 56.7 Å². The van der Waals surface area contributed by atoms with Gasteiger partial charge in [0, 0.05) is 48.7 Å². The maximum atomic E-state index is 12.4. The van der Waals surface area contributed by atoms with E-state index in [0.29, 0.717) is 11.6 Å². The van der Waals surface area contributed by atoms with Gasteiger partial charge in [-0.2, -0.15) is 0 Å². The van der Waals surface area contributed by atoms with Crippen LogP contribution in [0.4, 0.5) is 0 Å². The number of thiophene rings is 1. The Balaban J connectivity index is 1.39. The number of aryl methyl sites for hydroxylation is 1. The minimum atomic E-state index is 0.0293. The van der Waals surface area contributed by atoms with Crippen molar-refractivity contribution in [2.24, 2.45) is 0 Å². The summed E-state index contributed by atoms with van der Waals surface area (Å²) in [5, 5.41) is 11.7. The van der Waals surface area contributed by atoms with E-state index in [2.05, 4.69) is 4.90 Å². The Kier molecular flexibility index (Phi) is 7.50. The lowest BCUT2D eigenvalue weighted by Crippen LogP contribution is -2.49. The number of aliphatic hydroxyl groups excluding tert-OH is 1. The van der Waals surface area contributed by atoms with E-state index in [9.17, 15) is 4.79 Å². The Morgan fingerprint density at radius 1 is 1.29 bits per heavy atom. The molecule has 0 unspecified atom stereocenters. The molecule has 0 radical (unpaired) electrons. The van der Waals surface area contributed by atoms with Crippen molar-refractivity contribution in [3.8, 4) is 5.75 Å². The maximum Gasteiger partial charge on any atom is 0.246 e. The summed E-state index contributed by atoms with van der Waals surface area (Å²) in [4.78, 5) is 17.5. The number of carbonyl (C=O) groups excluding carboxylic acids is 1. The first kappa shape index (κ1) is 20.9. The number of ether oxygens (including phenoxy) is 1. The van der Waals surface area contributed by atoms with Crippen LogP contribution in [-0.2, 0) is 11.4 Å². The van der Waals surface area contributed by atoms with Crippen LogP contribution in [0.5, 0.6) is 5.75 Å². The third-order valence-corrected chi connectivity index (χ3v) is 5.91. The van der Waals surface area contributed by atoms with Crippen molar-refractivity contribution in [2.45, 2.75) is 13.5 Å². The second kappa shape index (κ2) is 10.1. The van der Waals surface area contributed by atoms with Crippen molar-refractivity contribution in [1.82, 2.24) is 9.80 Å². The highest BCUT2D eigenvalue weighted by Gasteiger charge is 2.19. The number of hydrogen-bond acceptors (Lipinski definition) is 5. The Morgan fingerprint density at radius 3 is 2.75 bits per heavy atom. The molecule has 2 aromatic rings. The van der Waals surface area contributed by atoms with Gasteiger partial charge in [-0.3, -0.25) is 9.69 Å².